The molecule has 0 aliphatic rings. The summed E-state index contributed by atoms with van der Waals surface area (Å²) < 4.78 is 6.38. The first-order valence-electron chi connectivity index (χ1n) is 6.86. The van der Waals surface area contributed by atoms with E-state index in [1.54, 1.807) is 13.2 Å². The van der Waals surface area contributed by atoms with Crippen LogP contribution in [0.4, 0.5) is 0 Å². The molecule has 0 fully saturated rings. The van der Waals surface area contributed by atoms with Crippen molar-refractivity contribution in [2.45, 2.75) is 26.4 Å². The molecule has 112 valence electrons. The van der Waals surface area contributed by atoms with Gasteiger partial charge in [0.2, 0.25) is 0 Å². The largest absolute Gasteiger partial charge is 0.508 e. The van der Waals surface area contributed by atoms with Crippen molar-refractivity contribution in [2.24, 2.45) is 0 Å². The highest BCUT2D eigenvalue weighted by Gasteiger charge is 2.12. The van der Waals surface area contributed by atoms with Crippen molar-refractivity contribution >= 4 is 15.9 Å². The lowest BCUT2D eigenvalue weighted by Gasteiger charge is -2.18. The summed E-state index contributed by atoms with van der Waals surface area (Å²) in [6.07, 6.45) is 0. The maximum absolute atomic E-state index is 9.88. The van der Waals surface area contributed by atoms with Gasteiger partial charge in [0.05, 0.1) is 7.11 Å². The highest BCUT2D eigenvalue weighted by Crippen LogP contribution is 2.27. The van der Waals surface area contributed by atoms with Gasteiger partial charge in [-0.2, -0.15) is 0 Å². The Hall–Kier alpha value is -1.52. The number of rotatable bonds is 5. The van der Waals surface area contributed by atoms with Crippen molar-refractivity contribution < 1.29 is 9.84 Å². The number of ether oxygens (including phenoxy) is 1. The Morgan fingerprint density at radius 1 is 1.24 bits per heavy atom. The number of benzene rings is 2. The molecule has 2 aromatic carbocycles. The van der Waals surface area contributed by atoms with Crippen molar-refractivity contribution in [3.8, 4) is 11.5 Å². The van der Waals surface area contributed by atoms with Gasteiger partial charge in [-0.3, -0.25) is 0 Å². The zero-order valence-electron chi connectivity index (χ0n) is 12.5. The van der Waals surface area contributed by atoms with Gasteiger partial charge in [0.15, 0.2) is 0 Å². The molecule has 2 aromatic rings. The highest BCUT2D eigenvalue weighted by molar-refractivity contribution is 9.10. The SMILES string of the molecule is COc1ccc(C)cc1[C@@H](C)NCc1cc(Br)ccc1O. The normalized spacial score (nSPS) is 12.2. The van der Waals surface area contributed by atoms with E-state index in [-0.39, 0.29) is 6.04 Å². The topological polar surface area (TPSA) is 41.5 Å². The summed E-state index contributed by atoms with van der Waals surface area (Å²) in [5.74, 6) is 1.17. The molecular weight excluding hydrogens is 330 g/mol. The van der Waals surface area contributed by atoms with Gasteiger partial charge in [-0.05, 0) is 38.1 Å². The summed E-state index contributed by atoms with van der Waals surface area (Å²) in [5.41, 5.74) is 3.18. The molecule has 21 heavy (non-hydrogen) atoms. The number of aromatic hydroxyl groups is 1. The van der Waals surface area contributed by atoms with Crippen LogP contribution in [0, 0.1) is 6.92 Å². The molecule has 0 amide bonds. The molecule has 0 aliphatic carbocycles. The van der Waals surface area contributed by atoms with E-state index in [0.29, 0.717) is 12.3 Å². The minimum absolute atomic E-state index is 0.123. The van der Waals surface area contributed by atoms with E-state index in [4.69, 9.17) is 4.74 Å². The maximum Gasteiger partial charge on any atom is 0.123 e. The molecule has 3 nitrogen and oxygen atoms in total. The maximum atomic E-state index is 9.88. The Morgan fingerprint density at radius 3 is 2.71 bits per heavy atom. The van der Waals surface area contributed by atoms with Gasteiger partial charge in [0.1, 0.15) is 11.5 Å². The van der Waals surface area contributed by atoms with Crippen molar-refractivity contribution in [3.63, 3.8) is 0 Å². The molecule has 1 atom stereocenters. The summed E-state index contributed by atoms with van der Waals surface area (Å²) in [7, 11) is 1.68. The third kappa shape index (κ3) is 3.99. The van der Waals surface area contributed by atoms with Crippen molar-refractivity contribution in [1.82, 2.24) is 5.32 Å². The molecule has 0 saturated heterocycles. The number of methoxy groups -OCH3 is 1. The number of hydrogen-bond acceptors (Lipinski definition) is 3. The summed E-state index contributed by atoms with van der Waals surface area (Å²) in [5, 5.41) is 13.3. The highest BCUT2D eigenvalue weighted by atomic mass is 79.9. The van der Waals surface area contributed by atoms with Gasteiger partial charge in [-0.15, -0.1) is 0 Å². The molecule has 0 radical (unpaired) electrons. The third-order valence-electron chi connectivity index (χ3n) is 3.49. The van der Waals surface area contributed by atoms with Crippen LogP contribution in [-0.2, 0) is 6.54 Å². The number of hydrogen-bond donors (Lipinski definition) is 2. The van der Waals surface area contributed by atoms with Gasteiger partial charge in [-0.25, -0.2) is 0 Å². The molecule has 0 bridgehead atoms. The second kappa shape index (κ2) is 6.96. The number of phenols is 1. The molecule has 0 heterocycles. The summed E-state index contributed by atoms with van der Waals surface area (Å²) >= 11 is 3.42. The minimum atomic E-state index is 0.123. The molecular formula is C17H20BrNO2. The number of nitrogens with one attached hydrogen (secondary N) is 1. The molecule has 0 saturated carbocycles. The van der Waals surface area contributed by atoms with Crippen LogP contribution in [0.3, 0.4) is 0 Å². The van der Waals surface area contributed by atoms with E-state index in [2.05, 4.69) is 41.2 Å². The van der Waals surface area contributed by atoms with Gasteiger partial charge in [0.25, 0.3) is 0 Å². The lowest BCUT2D eigenvalue weighted by Crippen LogP contribution is -2.19. The van der Waals surface area contributed by atoms with Gasteiger partial charge in [0, 0.05) is 28.2 Å². The Bertz CT molecular complexity index is 628. The second-order valence-corrected chi connectivity index (χ2v) is 6.04. The number of aryl methyl sites for hydroxylation is 1. The average Bonchev–Trinajstić information content (AvgIpc) is 2.47. The zero-order chi connectivity index (χ0) is 15.4. The zero-order valence-corrected chi connectivity index (χ0v) is 14.1. The molecule has 2 rings (SSSR count). The fourth-order valence-electron chi connectivity index (χ4n) is 2.26. The molecule has 0 aliphatic heterocycles. The van der Waals surface area contributed by atoms with Crippen molar-refractivity contribution in [1.29, 1.82) is 0 Å². The van der Waals surface area contributed by atoms with Crippen LogP contribution in [0.5, 0.6) is 11.5 Å². The van der Waals surface area contributed by atoms with E-state index < -0.39 is 0 Å². The van der Waals surface area contributed by atoms with Crippen LogP contribution in [0.1, 0.15) is 29.7 Å². The molecule has 0 unspecified atom stereocenters. The summed E-state index contributed by atoms with van der Waals surface area (Å²) in [6.45, 7) is 4.74. The summed E-state index contributed by atoms with van der Waals surface area (Å²) in [4.78, 5) is 0. The van der Waals surface area contributed by atoms with Crippen LogP contribution >= 0.6 is 15.9 Å². The predicted octanol–water partition coefficient (Wildman–Crippen LogP) is 4.32. The van der Waals surface area contributed by atoms with Crippen LogP contribution in [-0.4, -0.2) is 12.2 Å². The van der Waals surface area contributed by atoms with Crippen LogP contribution in [0.25, 0.3) is 0 Å². The number of halogens is 1. The van der Waals surface area contributed by atoms with Crippen LogP contribution in [0.15, 0.2) is 40.9 Å². The number of phenolic OH excluding ortho intramolecular Hbond substituents is 1. The standard InChI is InChI=1S/C17H20BrNO2/c1-11-4-7-17(21-3)15(8-11)12(2)19-10-13-9-14(18)5-6-16(13)20/h4-9,12,19-20H,10H2,1-3H3/t12-/m1/s1. The Kier molecular flexibility index (Phi) is 5.26. The average molecular weight is 350 g/mol. The van der Waals surface area contributed by atoms with E-state index in [0.717, 1.165) is 21.3 Å². The first kappa shape index (κ1) is 15.9. The fourth-order valence-corrected chi connectivity index (χ4v) is 2.67. The quantitative estimate of drug-likeness (QED) is 0.844. The van der Waals surface area contributed by atoms with E-state index >= 15 is 0 Å². The third-order valence-corrected chi connectivity index (χ3v) is 3.99. The van der Waals surface area contributed by atoms with Gasteiger partial charge < -0.3 is 15.2 Å². The molecule has 0 spiro atoms. The Morgan fingerprint density at radius 2 is 2.00 bits per heavy atom. The van der Waals surface area contributed by atoms with Gasteiger partial charge in [-0.1, -0.05) is 33.6 Å². The molecule has 4 heteroatoms. The Balaban J connectivity index is 2.13. The van der Waals surface area contributed by atoms with E-state index in [9.17, 15) is 5.11 Å². The predicted molar refractivity (Wildman–Crippen MR) is 88.8 cm³/mol. The first-order valence-corrected chi connectivity index (χ1v) is 7.66. The fraction of sp³-hybridized carbons (Fsp3) is 0.294. The van der Waals surface area contributed by atoms with E-state index in [1.165, 1.54) is 5.56 Å². The molecule has 2 N–H and O–H groups in total. The second-order valence-electron chi connectivity index (χ2n) is 5.12. The van der Waals surface area contributed by atoms with Crippen molar-refractivity contribution in [2.75, 3.05) is 7.11 Å². The van der Waals surface area contributed by atoms with Crippen LogP contribution < -0.4 is 10.1 Å². The smallest absolute Gasteiger partial charge is 0.123 e. The molecule has 0 aromatic heterocycles. The lowest BCUT2D eigenvalue weighted by atomic mass is 10.0. The lowest BCUT2D eigenvalue weighted by molar-refractivity contribution is 0.400. The monoisotopic (exact) mass is 349 g/mol. The van der Waals surface area contributed by atoms with Crippen LogP contribution in [0.2, 0.25) is 0 Å². The minimum Gasteiger partial charge on any atom is -0.508 e. The van der Waals surface area contributed by atoms with Gasteiger partial charge >= 0.3 is 0 Å². The summed E-state index contributed by atoms with van der Waals surface area (Å²) in [6, 6.07) is 11.7. The van der Waals surface area contributed by atoms with E-state index in [1.807, 2.05) is 24.3 Å². The van der Waals surface area contributed by atoms with Crippen molar-refractivity contribution in [3.05, 3.63) is 57.6 Å². The first-order chi connectivity index (χ1) is 10.0. The Labute approximate surface area is 134 Å².